The van der Waals surface area contributed by atoms with Crippen LogP contribution in [0.3, 0.4) is 0 Å². The van der Waals surface area contributed by atoms with Gasteiger partial charge in [0.2, 0.25) is 5.91 Å². The van der Waals surface area contributed by atoms with Gasteiger partial charge < -0.3 is 14.8 Å². The van der Waals surface area contributed by atoms with Crippen LogP contribution in [0, 0.1) is 0 Å². The fourth-order valence-electron chi connectivity index (χ4n) is 2.70. The lowest BCUT2D eigenvalue weighted by Gasteiger charge is -2.32. The highest BCUT2D eigenvalue weighted by molar-refractivity contribution is 5.76. The van der Waals surface area contributed by atoms with Gasteiger partial charge in [-0.25, -0.2) is 0 Å². The molecule has 1 aliphatic rings. The molecule has 0 aromatic carbocycles. The lowest BCUT2D eigenvalue weighted by Crippen LogP contribution is -2.41. The summed E-state index contributed by atoms with van der Waals surface area (Å²) in [6.45, 7) is 6.58. The van der Waals surface area contributed by atoms with Gasteiger partial charge in [-0.2, -0.15) is 0 Å². The molecular weight excluding hydrogens is 254 g/mol. The largest absolute Gasteiger partial charge is 0.342 e. The maximum atomic E-state index is 12.2. The van der Waals surface area contributed by atoms with Crippen molar-refractivity contribution in [3.05, 3.63) is 12.2 Å². The first-order valence-electron chi connectivity index (χ1n) is 7.43. The summed E-state index contributed by atoms with van der Waals surface area (Å²) >= 11 is 0. The van der Waals surface area contributed by atoms with Gasteiger partial charge in [0.15, 0.2) is 0 Å². The standard InChI is InChI=1S/C14H25N5O/c1-11(2)15-7-6-13(20)19-8-4-5-12(9-19)14-17-16-10-18(14)3/h10-12,15H,4-9H2,1-3H3. The predicted molar refractivity (Wildman–Crippen MR) is 77.3 cm³/mol. The molecule has 1 aromatic rings. The molecule has 1 amide bonds. The van der Waals surface area contributed by atoms with Crippen molar-refractivity contribution >= 4 is 5.91 Å². The zero-order chi connectivity index (χ0) is 14.5. The van der Waals surface area contributed by atoms with Crippen molar-refractivity contribution in [3.8, 4) is 0 Å². The van der Waals surface area contributed by atoms with Crippen LogP contribution in [0.4, 0.5) is 0 Å². The predicted octanol–water partition coefficient (Wildman–Crippen LogP) is 0.909. The maximum absolute atomic E-state index is 12.2. The van der Waals surface area contributed by atoms with Gasteiger partial charge in [0.1, 0.15) is 12.2 Å². The molecule has 6 nitrogen and oxygen atoms in total. The van der Waals surface area contributed by atoms with Crippen LogP contribution in [0.5, 0.6) is 0 Å². The van der Waals surface area contributed by atoms with Crippen molar-refractivity contribution in [3.63, 3.8) is 0 Å². The summed E-state index contributed by atoms with van der Waals surface area (Å²) in [4.78, 5) is 14.2. The van der Waals surface area contributed by atoms with Gasteiger partial charge in [0, 0.05) is 45.1 Å². The van der Waals surface area contributed by atoms with E-state index in [9.17, 15) is 4.79 Å². The van der Waals surface area contributed by atoms with Crippen molar-refractivity contribution in [2.45, 2.75) is 45.1 Å². The second-order valence-corrected chi connectivity index (χ2v) is 5.84. The lowest BCUT2D eigenvalue weighted by molar-refractivity contribution is -0.132. The van der Waals surface area contributed by atoms with Crippen LogP contribution in [-0.2, 0) is 11.8 Å². The van der Waals surface area contributed by atoms with Crippen molar-refractivity contribution in [2.75, 3.05) is 19.6 Å². The Bertz CT molecular complexity index is 443. The van der Waals surface area contributed by atoms with E-state index in [0.717, 1.165) is 38.3 Å². The minimum absolute atomic E-state index is 0.241. The lowest BCUT2D eigenvalue weighted by atomic mass is 9.97. The number of rotatable bonds is 5. The minimum atomic E-state index is 0.241. The van der Waals surface area contributed by atoms with Crippen LogP contribution in [0.15, 0.2) is 6.33 Å². The Kier molecular flexibility index (Phi) is 5.11. The third kappa shape index (κ3) is 3.79. The number of amides is 1. The summed E-state index contributed by atoms with van der Waals surface area (Å²) in [7, 11) is 1.96. The van der Waals surface area contributed by atoms with Crippen LogP contribution < -0.4 is 5.32 Å². The first kappa shape index (κ1) is 15.0. The molecule has 1 fully saturated rings. The normalized spacial score (nSPS) is 19.6. The Morgan fingerprint density at radius 1 is 1.55 bits per heavy atom. The van der Waals surface area contributed by atoms with E-state index >= 15 is 0 Å². The number of carbonyl (C=O) groups is 1. The molecule has 1 aliphatic heterocycles. The second kappa shape index (κ2) is 6.83. The summed E-state index contributed by atoms with van der Waals surface area (Å²) in [5.41, 5.74) is 0. The van der Waals surface area contributed by atoms with Gasteiger partial charge in [-0.3, -0.25) is 4.79 Å². The van der Waals surface area contributed by atoms with E-state index in [4.69, 9.17) is 0 Å². The molecule has 0 bridgehead atoms. The Labute approximate surface area is 120 Å². The van der Waals surface area contributed by atoms with Gasteiger partial charge in [0.25, 0.3) is 0 Å². The molecule has 0 aliphatic carbocycles. The van der Waals surface area contributed by atoms with E-state index in [0.29, 0.717) is 18.4 Å². The van der Waals surface area contributed by atoms with E-state index in [1.807, 2.05) is 16.5 Å². The minimum Gasteiger partial charge on any atom is -0.342 e. The fraction of sp³-hybridized carbons (Fsp3) is 0.786. The van der Waals surface area contributed by atoms with Crippen molar-refractivity contribution in [1.29, 1.82) is 0 Å². The zero-order valence-electron chi connectivity index (χ0n) is 12.7. The first-order valence-corrected chi connectivity index (χ1v) is 7.43. The maximum Gasteiger partial charge on any atom is 0.223 e. The van der Waals surface area contributed by atoms with Gasteiger partial charge in [-0.1, -0.05) is 13.8 Å². The number of piperidine rings is 1. The highest BCUT2D eigenvalue weighted by Gasteiger charge is 2.27. The van der Waals surface area contributed by atoms with Crippen molar-refractivity contribution in [1.82, 2.24) is 25.0 Å². The first-order chi connectivity index (χ1) is 9.58. The molecule has 0 saturated carbocycles. The number of likely N-dealkylation sites (tertiary alicyclic amines) is 1. The highest BCUT2D eigenvalue weighted by Crippen LogP contribution is 2.25. The average Bonchev–Trinajstić information content (AvgIpc) is 2.84. The SMILES string of the molecule is CC(C)NCCC(=O)N1CCCC(c2nncn2C)C1. The van der Waals surface area contributed by atoms with E-state index in [-0.39, 0.29) is 5.91 Å². The number of carbonyl (C=O) groups excluding carboxylic acids is 1. The summed E-state index contributed by atoms with van der Waals surface area (Å²) < 4.78 is 1.96. The number of hydrogen-bond donors (Lipinski definition) is 1. The molecule has 1 unspecified atom stereocenters. The number of aromatic nitrogens is 3. The summed E-state index contributed by atoms with van der Waals surface area (Å²) in [5.74, 6) is 1.55. The smallest absolute Gasteiger partial charge is 0.223 e. The summed E-state index contributed by atoms with van der Waals surface area (Å²) in [5, 5.41) is 11.4. The van der Waals surface area contributed by atoms with Crippen LogP contribution in [0.1, 0.15) is 44.9 Å². The van der Waals surface area contributed by atoms with Gasteiger partial charge in [-0.05, 0) is 12.8 Å². The number of nitrogens with zero attached hydrogens (tertiary/aromatic N) is 4. The number of nitrogens with one attached hydrogen (secondary N) is 1. The van der Waals surface area contributed by atoms with Crippen LogP contribution in [0.25, 0.3) is 0 Å². The van der Waals surface area contributed by atoms with E-state index in [2.05, 4.69) is 29.4 Å². The molecule has 1 N–H and O–H groups in total. The molecular formula is C14H25N5O. The van der Waals surface area contributed by atoms with Crippen molar-refractivity contribution < 1.29 is 4.79 Å². The van der Waals surface area contributed by atoms with Crippen LogP contribution in [0.2, 0.25) is 0 Å². The Balaban J connectivity index is 1.87. The van der Waals surface area contributed by atoms with Crippen LogP contribution in [-0.4, -0.2) is 51.2 Å². The molecule has 1 aromatic heterocycles. The average molecular weight is 279 g/mol. The molecule has 6 heteroatoms. The second-order valence-electron chi connectivity index (χ2n) is 5.84. The molecule has 0 spiro atoms. The molecule has 0 radical (unpaired) electrons. The Hall–Kier alpha value is -1.43. The summed E-state index contributed by atoms with van der Waals surface area (Å²) in [6.07, 6.45) is 4.42. The third-order valence-corrected chi connectivity index (χ3v) is 3.78. The molecule has 112 valence electrons. The monoisotopic (exact) mass is 279 g/mol. The van der Waals surface area contributed by atoms with E-state index < -0.39 is 0 Å². The number of hydrogen-bond acceptors (Lipinski definition) is 4. The van der Waals surface area contributed by atoms with Gasteiger partial charge in [0.05, 0.1) is 0 Å². The Morgan fingerprint density at radius 2 is 2.35 bits per heavy atom. The molecule has 2 rings (SSSR count). The number of aryl methyl sites for hydroxylation is 1. The molecule has 1 atom stereocenters. The Morgan fingerprint density at radius 3 is 3.00 bits per heavy atom. The fourth-order valence-corrected chi connectivity index (χ4v) is 2.70. The summed E-state index contributed by atoms with van der Waals surface area (Å²) in [6, 6.07) is 0.426. The van der Waals surface area contributed by atoms with E-state index in [1.54, 1.807) is 6.33 Å². The van der Waals surface area contributed by atoms with Gasteiger partial charge in [-0.15, -0.1) is 10.2 Å². The molecule has 2 heterocycles. The topological polar surface area (TPSA) is 63.1 Å². The van der Waals surface area contributed by atoms with E-state index in [1.165, 1.54) is 0 Å². The third-order valence-electron chi connectivity index (χ3n) is 3.78. The van der Waals surface area contributed by atoms with Crippen LogP contribution >= 0.6 is 0 Å². The van der Waals surface area contributed by atoms with Crippen molar-refractivity contribution in [2.24, 2.45) is 7.05 Å². The highest BCUT2D eigenvalue weighted by atomic mass is 16.2. The quantitative estimate of drug-likeness (QED) is 0.870. The zero-order valence-corrected chi connectivity index (χ0v) is 12.7. The van der Waals surface area contributed by atoms with Gasteiger partial charge >= 0.3 is 0 Å². The molecule has 1 saturated heterocycles. The molecule has 20 heavy (non-hydrogen) atoms.